The van der Waals surface area contributed by atoms with Crippen molar-refractivity contribution in [3.63, 3.8) is 0 Å². The summed E-state index contributed by atoms with van der Waals surface area (Å²) in [5, 5.41) is 10.5. The molecule has 3 aromatic rings. The Balaban J connectivity index is 0.00000361. The van der Waals surface area contributed by atoms with Crippen LogP contribution in [-0.2, 0) is 34.3 Å². The van der Waals surface area contributed by atoms with Gasteiger partial charge < -0.3 is 9.84 Å². The van der Waals surface area contributed by atoms with Crippen LogP contribution in [0.4, 0.5) is 5.69 Å². The molecule has 186 valence electrons. The van der Waals surface area contributed by atoms with Crippen LogP contribution in [0.5, 0.6) is 5.75 Å². The molecule has 0 aliphatic heterocycles. The molecule has 7 nitrogen and oxygen atoms in total. The summed E-state index contributed by atoms with van der Waals surface area (Å²) in [7, 11) is -3.87. The molecule has 1 N–H and O–H groups in total. The summed E-state index contributed by atoms with van der Waals surface area (Å²) in [6.07, 6.45) is 5.50. The third-order valence-corrected chi connectivity index (χ3v) is 9.09. The number of fused-ring (bicyclic) bond motifs is 1. The van der Waals surface area contributed by atoms with Gasteiger partial charge in [0.05, 0.1) is 5.69 Å². The van der Waals surface area contributed by atoms with Gasteiger partial charge in [0.1, 0.15) is 12.4 Å². The molecule has 0 radical (unpaired) electrons. The Kier molecular flexibility index (Phi) is 9.95. The number of benzene rings is 2. The van der Waals surface area contributed by atoms with Crippen LogP contribution < -0.4 is 9.04 Å². The number of carboxylic acid groups (broad SMARTS) is 1. The molecule has 1 aliphatic rings. The van der Waals surface area contributed by atoms with E-state index in [0.29, 0.717) is 17.1 Å². The van der Waals surface area contributed by atoms with Crippen LogP contribution >= 0.6 is 11.3 Å². The first-order valence-electron chi connectivity index (χ1n) is 11.4. The van der Waals surface area contributed by atoms with Crippen LogP contribution in [0.2, 0.25) is 0 Å². The number of aryl methyl sites for hydroxylation is 3. The zero-order valence-electron chi connectivity index (χ0n) is 19.9. The number of hydrogen-bond donors (Lipinski definition) is 1. The Morgan fingerprint density at radius 3 is 2.44 bits per heavy atom. The average Bonchev–Trinajstić information content (AvgIpc) is 3.45. The van der Waals surface area contributed by atoms with Gasteiger partial charge in [0.15, 0.2) is 0 Å². The molecule has 2 aromatic carbocycles. The standard InChI is InChI=1S/C26H28N2O5S2.K.H/c1-17(2)28(35(31,32)26-27-18(3)16-34-26)23-13-21-5-4-6-22(21)14-24(23)33-15-20-9-7-19(8-10-20)11-12-25(29)30;;/h7-14,16-17H,4-6,15H2,1-3H3,(H,29,30);;/b12-11+;;. The van der Waals surface area contributed by atoms with Crippen LogP contribution in [0.3, 0.4) is 0 Å². The van der Waals surface area contributed by atoms with Gasteiger partial charge in [-0.2, -0.15) is 8.42 Å². The van der Waals surface area contributed by atoms with Crippen LogP contribution in [0.15, 0.2) is 52.2 Å². The van der Waals surface area contributed by atoms with Crippen LogP contribution in [-0.4, -0.2) is 81.9 Å². The maximum atomic E-state index is 13.6. The summed E-state index contributed by atoms with van der Waals surface area (Å²) in [4.78, 5) is 15.0. The summed E-state index contributed by atoms with van der Waals surface area (Å²) in [6.45, 7) is 5.72. The number of carbonyl (C=O) groups is 1. The van der Waals surface area contributed by atoms with Gasteiger partial charge in [-0.15, -0.1) is 11.3 Å². The molecule has 4 rings (SSSR count). The summed E-state index contributed by atoms with van der Waals surface area (Å²) in [5.74, 6) is -0.481. The second kappa shape index (κ2) is 12.3. The van der Waals surface area contributed by atoms with E-state index in [1.54, 1.807) is 12.3 Å². The summed E-state index contributed by atoms with van der Waals surface area (Å²) < 4.78 is 35.0. The number of anilines is 1. The molecule has 1 heterocycles. The van der Waals surface area contributed by atoms with Gasteiger partial charge in [-0.3, -0.25) is 4.31 Å². The van der Waals surface area contributed by atoms with Crippen LogP contribution in [0.1, 0.15) is 48.2 Å². The van der Waals surface area contributed by atoms with Gasteiger partial charge >= 0.3 is 57.4 Å². The monoisotopic (exact) mass is 552 g/mol. The fourth-order valence-corrected chi connectivity index (χ4v) is 6.93. The number of aliphatic carboxylic acids is 1. The molecule has 0 spiro atoms. The number of thiazole rings is 1. The number of rotatable bonds is 9. The number of ether oxygens (including phenoxy) is 1. The first-order valence-corrected chi connectivity index (χ1v) is 13.7. The Morgan fingerprint density at radius 2 is 1.86 bits per heavy atom. The molecule has 1 aliphatic carbocycles. The normalized spacial score (nSPS) is 13.0. The molecule has 0 bridgehead atoms. The molecule has 10 heteroatoms. The minimum absolute atomic E-state index is 0. The quantitative estimate of drug-likeness (QED) is 0.309. The van der Waals surface area contributed by atoms with E-state index in [9.17, 15) is 13.2 Å². The van der Waals surface area contributed by atoms with Gasteiger partial charge in [-0.1, -0.05) is 24.3 Å². The van der Waals surface area contributed by atoms with Gasteiger partial charge in [-0.25, -0.2) is 9.78 Å². The van der Waals surface area contributed by atoms with Gasteiger partial charge in [0.25, 0.3) is 10.0 Å². The van der Waals surface area contributed by atoms with E-state index in [4.69, 9.17) is 9.84 Å². The number of hydrogen-bond acceptors (Lipinski definition) is 6. The molecule has 0 fully saturated rings. The summed E-state index contributed by atoms with van der Waals surface area (Å²) in [5.41, 5.74) is 5.18. The predicted molar refractivity (Wildman–Crippen MR) is 145 cm³/mol. The van der Waals surface area contributed by atoms with Crippen molar-refractivity contribution in [3.05, 3.63) is 75.8 Å². The van der Waals surface area contributed by atoms with E-state index < -0.39 is 16.0 Å². The molecule has 1 aromatic heterocycles. The van der Waals surface area contributed by atoms with Crippen molar-refractivity contribution in [2.24, 2.45) is 0 Å². The zero-order chi connectivity index (χ0) is 25.2. The second-order valence-electron chi connectivity index (χ2n) is 8.79. The first-order chi connectivity index (χ1) is 16.6. The van der Waals surface area contributed by atoms with Crippen molar-refractivity contribution >= 4 is 90.5 Å². The van der Waals surface area contributed by atoms with Gasteiger partial charge in [-0.05, 0) is 80.5 Å². The molecule has 36 heavy (non-hydrogen) atoms. The van der Waals surface area contributed by atoms with E-state index in [2.05, 4.69) is 4.98 Å². The van der Waals surface area contributed by atoms with Crippen molar-refractivity contribution in [2.45, 2.75) is 57.0 Å². The van der Waals surface area contributed by atoms with E-state index in [1.165, 1.54) is 15.9 Å². The maximum absolute atomic E-state index is 13.6. The van der Waals surface area contributed by atoms with E-state index in [-0.39, 0.29) is 68.4 Å². The Hall–Kier alpha value is -1.53. The van der Waals surface area contributed by atoms with Crippen molar-refractivity contribution in [3.8, 4) is 5.75 Å². The number of aromatic nitrogens is 1. The van der Waals surface area contributed by atoms with E-state index >= 15 is 0 Å². The van der Waals surface area contributed by atoms with E-state index in [0.717, 1.165) is 53.4 Å². The van der Waals surface area contributed by atoms with Gasteiger partial charge in [0.2, 0.25) is 4.34 Å². The van der Waals surface area contributed by atoms with Gasteiger partial charge in [0, 0.05) is 23.2 Å². The number of nitrogens with zero attached hydrogens (tertiary/aromatic N) is 2. The minimum atomic E-state index is -3.87. The zero-order valence-corrected chi connectivity index (χ0v) is 21.5. The molecular formula is C26H29KN2O5S2. The van der Waals surface area contributed by atoms with Crippen molar-refractivity contribution in [1.29, 1.82) is 0 Å². The van der Waals surface area contributed by atoms with Crippen molar-refractivity contribution in [1.82, 2.24) is 4.98 Å². The molecule has 0 saturated carbocycles. The molecule has 0 atom stereocenters. The fourth-order valence-electron chi connectivity index (χ4n) is 4.15. The number of carboxylic acids is 1. The van der Waals surface area contributed by atoms with E-state index in [1.807, 2.05) is 50.2 Å². The molecule has 0 amide bonds. The Morgan fingerprint density at radius 1 is 1.19 bits per heavy atom. The Bertz CT molecular complexity index is 1370. The van der Waals surface area contributed by atoms with Crippen LogP contribution in [0, 0.1) is 6.92 Å². The summed E-state index contributed by atoms with van der Waals surface area (Å²) >= 11 is 1.12. The topological polar surface area (TPSA) is 96.8 Å². The van der Waals surface area contributed by atoms with Crippen molar-refractivity contribution in [2.75, 3.05) is 4.31 Å². The second-order valence-corrected chi connectivity index (χ2v) is 11.6. The third-order valence-electron chi connectivity index (χ3n) is 5.75. The number of sulfonamides is 1. The summed E-state index contributed by atoms with van der Waals surface area (Å²) in [6, 6.07) is 10.9. The average molecular weight is 553 g/mol. The third kappa shape index (κ3) is 6.66. The van der Waals surface area contributed by atoms with Crippen LogP contribution in [0.25, 0.3) is 6.08 Å². The molecule has 0 unspecified atom stereocenters. The Labute approximate surface area is 258 Å². The fraction of sp³-hybridized carbons (Fsp3) is 0.308. The first kappa shape index (κ1) is 29.0. The SMILES string of the molecule is Cc1csc(S(=O)(=O)N(c2cc3c(cc2OCc2ccc(/C=C/C(=O)O)cc2)CCC3)C(C)C)n1.[KH]. The van der Waals surface area contributed by atoms with Crippen molar-refractivity contribution < 1.29 is 23.1 Å². The molecular weight excluding hydrogens is 524 g/mol. The molecule has 0 saturated heterocycles. The predicted octanol–water partition coefficient (Wildman–Crippen LogP) is 4.57.